The Morgan fingerprint density at radius 3 is 2.50 bits per heavy atom. The third-order valence-electron chi connectivity index (χ3n) is 4.56. The minimum absolute atomic E-state index is 0.242. The van der Waals surface area contributed by atoms with E-state index < -0.39 is 10.0 Å². The van der Waals surface area contributed by atoms with Gasteiger partial charge in [0.1, 0.15) is 5.65 Å². The van der Waals surface area contributed by atoms with Crippen molar-refractivity contribution in [1.29, 1.82) is 0 Å². The lowest BCUT2D eigenvalue weighted by Gasteiger charge is -2.18. The van der Waals surface area contributed by atoms with Gasteiger partial charge in [0.2, 0.25) is 15.9 Å². The van der Waals surface area contributed by atoms with Gasteiger partial charge < -0.3 is 9.72 Å². The fourth-order valence-electron chi connectivity index (χ4n) is 2.97. The van der Waals surface area contributed by atoms with Gasteiger partial charge in [-0.3, -0.25) is 4.79 Å². The second kappa shape index (κ2) is 9.55. The summed E-state index contributed by atoms with van der Waals surface area (Å²) in [6.07, 6.45) is 6.82. The number of nitrogens with zero attached hydrogens (tertiary/aromatic N) is 3. The Morgan fingerprint density at radius 1 is 1.13 bits per heavy atom. The molecule has 3 rings (SSSR count). The Labute approximate surface area is 184 Å². The molecular weight excluding hydrogens is 468 g/mol. The van der Waals surface area contributed by atoms with E-state index in [0.717, 1.165) is 21.4 Å². The van der Waals surface area contributed by atoms with Gasteiger partial charge >= 0.3 is 0 Å². The van der Waals surface area contributed by atoms with Crippen molar-refractivity contribution < 1.29 is 13.2 Å². The monoisotopic (exact) mass is 490 g/mol. The predicted molar refractivity (Wildman–Crippen MR) is 120 cm³/mol. The van der Waals surface area contributed by atoms with E-state index in [2.05, 4.69) is 26.2 Å². The number of amides is 1. The van der Waals surface area contributed by atoms with Crippen molar-refractivity contribution in [1.82, 2.24) is 19.0 Å². The molecule has 30 heavy (non-hydrogen) atoms. The van der Waals surface area contributed by atoms with Crippen molar-refractivity contribution >= 4 is 43.6 Å². The summed E-state index contributed by atoms with van der Waals surface area (Å²) in [6, 6.07) is 10.3. The van der Waals surface area contributed by atoms with Crippen LogP contribution >= 0.6 is 15.9 Å². The zero-order valence-electron chi connectivity index (χ0n) is 16.7. The van der Waals surface area contributed by atoms with Gasteiger partial charge in [0, 0.05) is 36.0 Å². The van der Waals surface area contributed by atoms with Crippen LogP contribution in [0.4, 0.5) is 0 Å². The van der Waals surface area contributed by atoms with Crippen LogP contribution in [-0.4, -0.2) is 41.1 Å². The molecule has 0 aliphatic heterocycles. The molecule has 1 N–H and O–H groups in total. The lowest BCUT2D eigenvalue weighted by Crippen LogP contribution is -2.30. The minimum Gasteiger partial charge on any atom is -0.347 e. The van der Waals surface area contributed by atoms with Crippen molar-refractivity contribution in [3.63, 3.8) is 0 Å². The molecule has 0 bridgehead atoms. The summed E-state index contributed by atoms with van der Waals surface area (Å²) in [4.78, 5) is 16.8. The molecular formula is C21H23BrN4O3S. The first-order chi connectivity index (χ1) is 14.3. The van der Waals surface area contributed by atoms with E-state index in [-0.39, 0.29) is 10.8 Å². The molecule has 2 heterocycles. The summed E-state index contributed by atoms with van der Waals surface area (Å²) in [6.45, 7) is 4.77. The Bertz CT molecular complexity index is 1170. The van der Waals surface area contributed by atoms with Crippen molar-refractivity contribution in [2.75, 3.05) is 13.1 Å². The number of nitrogens with one attached hydrogen (secondary N) is 1. The quantitative estimate of drug-likeness (QED) is 0.490. The van der Waals surface area contributed by atoms with Gasteiger partial charge in [-0.15, -0.1) is 0 Å². The maximum absolute atomic E-state index is 12.5. The van der Waals surface area contributed by atoms with E-state index in [1.165, 1.54) is 10.4 Å². The van der Waals surface area contributed by atoms with E-state index in [4.69, 9.17) is 0 Å². The number of hydrogen-bond acceptors (Lipinski definition) is 4. The normalized spacial score (nSPS) is 12.1. The van der Waals surface area contributed by atoms with Crippen LogP contribution in [0.1, 0.15) is 25.1 Å². The average molecular weight is 491 g/mol. The third-order valence-corrected chi connectivity index (χ3v) is 7.09. The number of imidazole rings is 1. The first-order valence-electron chi connectivity index (χ1n) is 9.52. The Kier molecular flexibility index (Phi) is 7.06. The van der Waals surface area contributed by atoms with E-state index >= 15 is 0 Å². The fraction of sp³-hybridized carbons (Fsp3) is 0.238. The number of pyridine rings is 1. The van der Waals surface area contributed by atoms with Gasteiger partial charge in [-0.25, -0.2) is 13.4 Å². The molecule has 0 unspecified atom stereocenters. The van der Waals surface area contributed by atoms with Gasteiger partial charge in [-0.1, -0.05) is 26.0 Å². The number of carbonyl (C=O) groups is 1. The van der Waals surface area contributed by atoms with Crippen LogP contribution in [0.25, 0.3) is 11.7 Å². The van der Waals surface area contributed by atoms with Gasteiger partial charge in [-0.2, -0.15) is 4.31 Å². The fourth-order valence-corrected chi connectivity index (χ4v) is 4.79. The summed E-state index contributed by atoms with van der Waals surface area (Å²) in [5.41, 5.74) is 2.29. The number of hydrogen-bond donors (Lipinski definition) is 1. The van der Waals surface area contributed by atoms with Crippen molar-refractivity contribution in [3.8, 4) is 0 Å². The second-order valence-corrected chi connectivity index (χ2v) is 9.41. The van der Waals surface area contributed by atoms with Crippen molar-refractivity contribution in [2.45, 2.75) is 25.3 Å². The van der Waals surface area contributed by atoms with Gasteiger partial charge in [0.25, 0.3) is 0 Å². The maximum atomic E-state index is 12.5. The molecule has 0 aliphatic rings. The zero-order valence-corrected chi connectivity index (χ0v) is 19.1. The van der Waals surface area contributed by atoms with Crippen LogP contribution in [0, 0.1) is 0 Å². The largest absolute Gasteiger partial charge is 0.347 e. The predicted octanol–water partition coefficient (Wildman–Crippen LogP) is 3.46. The molecule has 3 aromatic rings. The smallest absolute Gasteiger partial charge is 0.244 e. The van der Waals surface area contributed by atoms with E-state index in [1.807, 2.05) is 42.8 Å². The summed E-state index contributed by atoms with van der Waals surface area (Å²) in [5.74, 6) is -0.256. The van der Waals surface area contributed by atoms with Crippen molar-refractivity contribution in [3.05, 3.63) is 70.6 Å². The molecule has 0 aliphatic carbocycles. The maximum Gasteiger partial charge on any atom is 0.244 e. The molecule has 0 saturated heterocycles. The van der Waals surface area contributed by atoms with Gasteiger partial charge in [0.15, 0.2) is 0 Å². The van der Waals surface area contributed by atoms with Crippen LogP contribution in [0.2, 0.25) is 0 Å². The molecule has 0 radical (unpaired) electrons. The van der Waals surface area contributed by atoms with E-state index in [9.17, 15) is 13.2 Å². The Hall–Kier alpha value is -2.49. The average Bonchev–Trinajstić information content (AvgIpc) is 3.13. The summed E-state index contributed by atoms with van der Waals surface area (Å²) >= 11 is 3.41. The SMILES string of the molecule is CCN(CC)S(=O)(=O)c1ccc(/C=C/C(=O)NCc2cn3cc(Br)ccc3n2)cc1. The van der Waals surface area contributed by atoms with E-state index in [1.54, 1.807) is 30.3 Å². The topological polar surface area (TPSA) is 83.8 Å². The molecule has 2 aromatic heterocycles. The van der Waals surface area contributed by atoms with Crippen LogP contribution in [0.15, 0.2) is 64.2 Å². The van der Waals surface area contributed by atoms with Crippen LogP contribution < -0.4 is 5.32 Å². The standard InChI is InChI=1S/C21H23BrN4O3S/c1-3-26(4-2)30(28,29)19-9-5-16(6-10-19)7-12-21(27)23-13-18-15-25-14-17(22)8-11-20(25)24-18/h5-12,14-15H,3-4,13H2,1-2H3,(H,23,27)/b12-7+. The van der Waals surface area contributed by atoms with Crippen LogP contribution in [0.3, 0.4) is 0 Å². The lowest BCUT2D eigenvalue weighted by molar-refractivity contribution is -0.116. The first kappa shape index (κ1) is 22.2. The number of carbonyl (C=O) groups excluding carboxylic acids is 1. The first-order valence-corrected chi connectivity index (χ1v) is 11.8. The number of benzene rings is 1. The highest BCUT2D eigenvalue weighted by molar-refractivity contribution is 9.10. The highest BCUT2D eigenvalue weighted by atomic mass is 79.9. The molecule has 1 aromatic carbocycles. The van der Waals surface area contributed by atoms with E-state index in [0.29, 0.717) is 19.6 Å². The third kappa shape index (κ3) is 5.16. The number of sulfonamides is 1. The molecule has 1 amide bonds. The number of aromatic nitrogens is 2. The Morgan fingerprint density at radius 2 is 1.83 bits per heavy atom. The molecule has 0 fully saturated rings. The lowest BCUT2D eigenvalue weighted by atomic mass is 10.2. The number of rotatable bonds is 8. The number of fused-ring (bicyclic) bond motifs is 1. The van der Waals surface area contributed by atoms with Crippen molar-refractivity contribution in [2.24, 2.45) is 0 Å². The van der Waals surface area contributed by atoms with Crippen LogP contribution in [0.5, 0.6) is 0 Å². The molecule has 0 spiro atoms. The summed E-state index contributed by atoms with van der Waals surface area (Å²) in [5, 5.41) is 2.79. The molecule has 7 nitrogen and oxygen atoms in total. The Balaban J connectivity index is 1.60. The van der Waals surface area contributed by atoms with Gasteiger partial charge in [-0.05, 0) is 51.8 Å². The summed E-state index contributed by atoms with van der Waals surface area (Å²) < 4.78 is 29.3. The molecule has 9 heteroatoms. The minimum atomic E-state index is -3.48. The van der Waals surface area contributed by atoms with Crippen LogP contribution in [-0.2, 0) is 21.4 Å². The zero-order chi connectivity index (χ0) is 21.7. The summed E-state index contributed by atoms with van der Waals surface area (Å²) in [7, 11) is -3.48. The second-order valence-electron chi connectivity index (χ2n) is 6.55. The highest BCUT2D eigenvalue weighted by Gasteiger charge is 2.20. The molecule has 0 saturated carbocycles. The highest BCUT2D eigenvalue weighted by Crippen LogP contribution is 2.17. The number of halogens is 1. The molecule has 0 atom stereocenters. The molecule has 158 valence electrons. The van der Waals surface area contributed by atoms with Gasteiger partial charge in [0.05, 0.1) is 17.1 Å².